The molecule has 0 bridgehead atoms. The Morgan fingerprint density at radius 1 is 1.17 bits per heavy atom. The van der Waals surface area contributed by atoms with Gasteiger partial charge in [-0.1, -0.05) is 24.3 Å². The zero-order chi connectivity index (χ0) is 17.2. The maximum absolute atomic E-state index is 12.1. The second-order valence-electron chi connectivity index (χ2n) is 5.07. The van der Waals surface area contributed by atoms with Crippen molar-refractivity contribution in [1.82, 2.24) is 5.01 Å². The molecule has 0 unspecified atom stereocenters. The first-order valence-electron chi connectivity index (χ1n) is 7.17. The molecule has 0 aliphatic carbocycles. The summed E-state index contributed by atoms with van der Waals surface area (Å²) in [4.78, 5) is 0.121. The van der Waals surface area contributed by atoms with Gasteiger partial charge >= 0.3 is 0 Å². The number of benzene rings is 2. The van der Waals surface area contributed by atoms with Gasteiger partial charge in [0.05, 0.1) is 19.4 Å². The number of hydrogen-bond donors (Lipinski definition) is 2. The smallest absolute Gasteiger partial charge is 0.285 e. The van der Waals surface area contributed by atoms with Gasteiger partial charge < -0.3 is 10.2 Å². The molecule has 0 atom stereocenters. The number of phenolic OH excluding ortho intramolecular Hbond substituents is 1. The van der Waals surface area contributed by atoms with Crippen LogP contribution in [0.5, 0.6) is 5.75 Å². The van der Waals surface area contributed by atoms with Gasteiger partial charge in [0.1, 0.15) is 10.6 Å². The fraction of sp³-hybridized carbons (Fsp3) is 0.125. The molecule has 0 saturated heterocycles. The predicted molar refractivity (Wildman–Crippen MR) is 89.7 cm³/mol. The molecular weight excluding hydrogens is 330 g/mol. The monoisotopic (exact) mass is 345 g/mol. The molecule has 2 aromatic rings. The van der Waals surface area contributed by atoms with Crippen molar-refractivity contribution >= 4 is 22.1 Å². The minimum atomic E-state index is -3.76. The van der Waals surface area contributed by atoms with Gasteiger partial charge in [-0.25, -0.2) is 5.01 Å². The van der Waals surface area contributed by atoms with Crippen LogP contribution in [0.25, 0.3) is 0 Å². The zero-order valence-electron chi connectivity index (χ0n) is 12.6. The molecule has 2 aromatic carbocycles. The first kappa shape index (κ1) is 16.2. The highest BCUT2D eigenvalue weighted by atomic mass is 32.2. The highest BCUT2D eigenvalue weighted by molar-refractivity contribution is 7.90. The summed E-state index contributed by atoms with van der Waals surface area (Å²) in [5.74, 6) is 0.259. The maximum Gasteiger partial charge on any atom is 0.285 e. The summed E-state index contributed by atoms with van der Waals surface area (Å²) in [6.45, 7) is -0.142. The number of aliphatic hydroxyl groups is 1. The van der Waals surface area contributed by atoms with E-state index >= 15 is 0 Å². The van der Waals surface area contributed by atoms with Crippen LogP contribution in [0.4, 0.5) is 0 Å². The summed E-state index contributed by atoms with van der Waals surface area (Å²) in [7, 11) is -3.76. The highest BCUT2D eigenvalue weighted by Gasteiger charge is 2.31. The molecule has 1 heterocycles. The topological polar surface area (TPSA) is 103 Å². The molecule has 0 spiro atoms. The van der Waals surface area contributed by atoms with Gasteiger partial charge in [0.15, 0.2) is 5.84 Å². The number of phenols is 1. The van der Waals surface area contributed by atoms with Crippen LogP contribution in [0.2, 0.25) is 0 Å². The summed E-state index contributed by atoms with van der Waals surface area (Å²) in [5, 5.41) is 24.3. The summed E-state index contributed by atoms with van der Waals surface area (Å²) in [5.41, 5.74) is 1.08. The number of aliphatic hydroxyl groups excluding tert-OH is 1. The SMILES string of the molecule is O=S1(=O)N=C(N(CCO)/N=C\c2cccc(O)c2)c2ccccc21. The van der Waals surface area contributed by atoms with Crippen molar-refractivity contribution in [2.45, 2.75) is 4.90 Å². The molecule has 7 nitrogen and oxygen atoms in total. The van der Waals surface area contributed by atoms with Crippen LogP contribution in [0.3, 0.4) is 0 Å². The molecule has 0 radical (unpaired) electrons. The van der Waals surface area contributed by atoms with E-state index < -0.39 is 10.0 Å². The van der Waals surface area contributed by atoms with Gasteiger partial charge in [0.25, 0.3) is 10.0 Å². The first-order valence-corrected chi connectivity index (χ1v) is 8.61. The van der Waals surface area contributed by atoms with Gasteiger partial charge in [0, 0.05) is 5.56 Å². The van der Waals surface area contributed by atoms with E-state index in [1.54, 1.807) is 30.3 Å². The summed E-state index contributed by atoms with van der Waals surface area (Å²) < 4.78 is 28.0. The van der Waals surface area contributed by atoms with E-state index in [2.05, 4.69) is 9.50 Å². The van der Waals surface area contributed by atoms with E-state index in [1.165, 1.54) is 29.4 Å². The molecule has 0 aromatic heterocycles. The minimum absolute atomic E-state index is 0.0814. The average molecular weight is 345 g/mol. The number of sulfonamides is 1. The lowest BCUT2D eigenvalue weighted by molar-refractivity contribution is 0.254. The summed E-state index contributed by atoms with van der Waals surface area (Å²) in [6.07, 6.45) is 1.46. The van der Waals surface area contributed by atoms with Crippen molar-refractivity contribution in [2.75, 3.05) is 13.2 Å². The molecule has 0 saturated carbocycles. The lowest BCUT2D eigenvalue weighted by atomic mass is 10.2. The standard InChI is InChI=1S/C16H15N3O4S/c20-9-8-19(17-11-12-4-3-5-13(21)10-12)16-14-6-1-2-7-15(14)24(22,23)18-16/h1-7,10-11,20-21H,8-9H2/b17-11-. The lowest BCUT2D eigenvalue weighted by Gasteiger charge is -2.17. The van der Waals surface area contributed by atoms with E-state index in [9.17, 15) is 18.6 Å². The van der Waals surface area contributed by atoms with Crippen molar-refractivity contribution in [1.29, 1.82) is 0 Å². The van der Waals surface area contributed by atoms with Gasteiger partial charge in [0.2, 0.25) is 0 Å². The van der Waals surface area contributed by atoms with Crippen molar-refractivity contribution in [2.24, 2.45) is 9.50 Å². The van der Waals surface area contributed by atoms with Gasteiger partial charge in [-0.3, -0.25) is 0 Å². The molecule has 24 heavy (non-hydrogen) atoms. The van der Waals surface area contributed by atoms with Crippen LogP contribution < -0.4 is 0 Å². The van der Waals surface area contributed by atoms with Crippen LogP contribution in [-0.4, -0.2) is 48.8 Å². The van der Waals surface area contributed by atoms with Crippen molar-refractivity contribution in [3.05, 3.63) is 59.7 Å². The number of hydrogen-bond acceptors (Lipinski definition) is 6. The zero-order valence-corrected chi connectivity index (χ0v) is 13.4. The highest BCUT2D eigenvalue weighted by Crippen LogP contribution is 2.27. The summed E-state index contributed by atoms with van der Waals surface area (Å²) >= 11 is 0. The molecule has 2 N–H and O–H groups in total. The third-order valence-electron chi connectivity index (χ3n) is 3.39. The Morgan fingerprint density at radius 2 is 1.96 bits per heavy atom. The molecular formula is C16H15N3O4S. The maximum atomic E-state index is 12.1. The molecule has 3 rings (SSSR count). The largest absolute Gasteiger partial charge is 0.508 e. The van der Waals surface area contributed by atoms with Crippen molar-refractivity contribution < 1.29 is 18.6 Å². The number of hydrazone groups is 1. The predicted octanol–water partition coefficient (Wildman–Crippen LogP) is 1.17. The van der Waals surface area contributed by atoms with Crippen LogP contribution in [-0.2, 0) is 10.0 Å². The number of amidine groups is 1. The minimum Gasteiger partial charge on any atom is -0.508 e. The second-order valence-corrected chi connectivity index (χ2v) is 6.64. The Hall–Kier alpha value is -2.71. The Bertz CT molecular complexity index is 922. The normalized spacial score (nSPS) is 15.3. The van der Waals surface area contributed by atoms with Crippen LogP contribution >= 0.6 is 0 Å². The Morgan fingerprint density at radius 3 is 2.71 bits per heavy atom. The third kappa shape index (κ3) is 3.15. The molecule has 8 heteroatoms. The summed E-state index contributed by atoms with van der Waals surface area (Å²) in [6, 6.07) is 12.9. The van der Waals surface area contributed by atoms with Crippen LogP contribution in [0.15, 0.2) is 62.9 Å². The molecule has 0 amide bonds. The van der Waals surface area contributed by atoms with Gasteiger partial charge in [-0.15, -0.1) is 4.40 Å². The van der Waals surface area contributed by atoms with Crippen molar-refractivity contribution in [3.63, 3.8) is 0 Å². The first-order chi connectivity index (χ1) is 11.5. The Labute approximate surface area is 139 Å². The van der Waals surface area contributed by atoms with Gasteiger partial charge in [-0.2, -0.15) is 13.5 Å². The van der Waals surface area contributed by atoms with E-state index in [0.29, 0.717) is 11.1 Å². The van der Waals surface area contributed by atoms with E-state index in [1.807, 2.05) is 0 Å². The van der Waals surface area contributed by atoms with Crippen molar-refractivity contribution in [3.8, 4) is 5.75 Å². The number of nitrogens with zero attached hydrogens (tertiary/aromatic N) is 3. The average Bonchev–Trinajstić information content (AvgIpc) is 2.83. The lowest BCUT2D eigenvalue weighted by Crippen LogP contribution is -2.28. The Kier molecular flexibility index (Phi) is 4.32. The third-order valence-corrected chi connectivity index (χ3v) is 4.71. The number of aromatic hydroxyl groups is 1. The van der Waals surface area contributed by atoms with Crippen LogP contribution in [0, 0.1) is 0 Å². The van der Waals surface area contributed by atoms with E-state index in [-0.39, 0.29) is 29.6 Å². The quantitative estimate of drug-likeness (QED) is 0.640. The molecule has 1 aliphatic rings. The fourth-order valence-electron chi connectivity index (χ4n) is 2.33. The molecule has 124 valence electrons. The van der Waals surface area contributed by atoms with E-state index in [4.69, 9.17) is 0 Å². The fourth-order valence-corrected chi connectivity index (χ4v) is 3.54. The number of fused-ring (bicyclic) bond motifs is 1. The second kappa shape index (κ2) is 6.42. The number of rotatable bonds is 4. The van der Waals surface area contributed by atoms with E-state index in [0.717, 1.165) is 0 Å². The Balaban J connectivity index is 1.98. The van der Waals surface area contributed by atoms with Crippen LogP contribution in [0.1, 0.15) is 11.1 Å². The van der Waals surface area contributed by atoms with Gasteiger partial charge in [-0.05, 0) is 29.8 Å². The molecule has 1 aliphatic heterocycles. The molecule has 0 fully saturated rings.